The lowest BCUT2D eigenvalue weighted by Crippen LogP contribution is -2.49. The highest BCUT2D eigenvalue weighted by Gasteiger charge is 2.36. The van der Waals surface area contributed by atoms with E-state index in [-0.39, 0.29) is 11.2 Å². The number of anilines is 2. The molecule has 1 amide bonds. The van der Waals surface area contributed by atoms with Crippen molar-refractivity contribution in [2.45, 2.75) is 25.8 Å². The summed E-state index contributed by atoms with van der Waals surface area (Å²) in [5.41, 5.74) is -0.0691. The SMILES string of the molecule is CCC1(C)Nc2nc(Cl)ncc2NC1=O. The van der Waals surface area contributed by atoms with Crippen LogP contribution in [0.25, 0.3) is 0 Å². The molecular weight excluding hydrogens is 216 g/mol. The number of rotatable bonds is 1. The van der Waals surface area contributed by atoms with Gasteiger partial charge in [0.05, 0.1) is 6.20 Å². The van der Waals surface area contributed by atoms with Crippen LogP contribution in [0.15, 0.2) is 6.20 Å². The Labute approximate surface area is 92.3 Å². The lowest BCUT2D eigenvalue weighted by molar-refractivity contribution is -0.120. The van der Waals surface area contributed by atoms with Crippen molar-refractivity contribution in [3.8, 4) is 0 Å². The first-order chi connectivity index (χ1) is 7.05. The number of carbonyl (C=O) groups excluding carboxylic acids is 1. The van der Waals surface area contributed by atoms with Crippen molar-refractivity contribution < 1.29 is 4.79 Å². The van der Waals surface area contributed by atoms with Gasteiger partial charge in [-0.1, -0.05) is 6.92 Å². The molecule has 0 aliphatic carbocycles. The Bertz CT molecular complexity index is 423. The van der Waals surface area contributed by atoms with Crippen molar-refractivity contribution in [1.29, 1.82) is 0 Å². The van der Waals surface area contributed by atoms with Gasteiger partial charge in [-0.05, 0) is 24.9 Å². The predicted molar refractivity (Wildman–Crippen MR) is 58.0 cm³/mol. The lowest BCUT2D eigenvalue weighted by atomic mass is 9.96. The van der Waals surface area contributed by atoms with Crippen molar-refractivity contribution in [2.24, 2.45) is 0 Å². The summed E-state index contributed by atoms with van der Waals surface area (Å²) in [5.74, 6) is 0.488. The molecule has 0 spiro atoms. The van der Waals surface area contributed by atoms with Crippen molar-refractivity contribution in [3.63, 3.8) is 0 Å². The van der Waals surface area contributed by atoms with E-state index >= 15 is 0 Å². The molecule has 2 N–H and O–H groups in total. The molecule has 15 heavy (non-hydrogen) atoms. The Kier molecular flexibility index (Phi) is 2.26. The molecule has 0 bridgehead atoms. The first kappa shape index (κ1) is 10.2. The third-order valence-corrected chi connectivity index (χ3v) is 2.79. The summed E-state index contributed by atoms with van der Waals surface area (Å²) < 4.78 is 0. The molecule has 1 aromatic rings. The smallest absolute Gasteiger partial charge is 0.249 e. The Morgan fingerprint density at radius 1 is 1.60 bits per heavy atom. The number of hydrogen-bond donors (Lipinski definition) is 2. The quantitative estimate of drug-likeness (QED) is 0.715. The number of fused-ring (bicyclic) bond motifs is 1. The molecule has 2 heterocycles. The van der Waals surface area contributed by atoms with Gasteiger partial charge in [-0.15, -0.1) is 0 Å². The van der Waals surface area contributed by atoms with Gasteiger partial charge in [0.25, 0.3) is 0 Å². The van der Waals surface area contributed by atoms with Crippen molar-refractivity contribution in [3.05, 3.63) is 11.5 Å². The summed E-state index contributed by atoms with van der Waals surface area (Å²) in [6.45, 7) is 3.75. The van der Waals surface area contributed by atoms with E-state index in [0.717, 1.165) is 0 Å². The Balaban J connectivity index is 2.43. The van der Waals surface area contributed by atoms with Crippen molar-refractivity contribution in [1.82, 2.24) is 9.97 Å². The second kappa shape index (κ2) is 3.34. The molecule has 0 aromatic carbocycles. The van der Waals surface area contributed by atoms with Gasteiger partial charge in [0, 0.05) is 0 Å². The van der Waals surface area contributed by atoms with E-state index in [9.17, 15) is 4.79 Å². The molecule has 5 nitrogen and oxygen atoms in total. The fourth-order valence-corrected chi connectivity index (χ4v) is 1.51. The van der Waals surface area contributed by atoms with Gasteiger partial charge in [0.1, 0.15) is 11.2 Å². The van der Waals surface area contributed by atoms with Gasteiger partial charge in [-0.2, -0.15) is 4.98 Å². The van der Waals surface area contributed by atoms with Gasteiger partial charge >= 0.3 is 0 Å². The summed E-state index contributed by atoms with van der Waals surface area (Å²) in [6.07, 6.45) is 2.16. The number of hydrogen-bond acceptors (Lipinski definition) is 4. The molecule has 1 unspecified atom stereocenters. The molecule has 2 rings (SSSR count). The van der Waals surface area contributed by atoms with Crippen LogP contribution in [0.1, 0.15) is 20.3 Å². The van der Waals surface area contributed by atoms with E-state index in [0.29, 0.717) is 17.9 Å². The normalized spacial score (nSPS) is 24.1. The molecule has 1 aromatic heterocycles. The van der Waals surface area contributed by atoms with Gasteiger partial charge in [-0.25, -0.2) is 4.98 Å². The summed E-state index contributed by atoms with van der Waals surface area (Å²) in [6, 6.07) is 0. The first-order valence-corrected chi connectivity index (χ1v) is 5.05. The predicted octanol–water partition coefficient (Wildman–Crippen LogP) is 1.66. The standard InChI is InChI=1S/C9H11ClN4O/c1-3-9(2)7(15)12-5-4-11-8(10)13-6(5)14-9/h4H,3H2,1-2H3,(H,12,15)(H,11,13,14). The van der Waals surface area contributed by atoms with Crippen LogP contribution in [0, 0.1) is 0 Å². The molecule has 6 heteroatoms. The van der Waals surface area contributed by atoms with E-state index in [4.69, 9.17) is 11.6 Å². The van der Waals surface area contributed by atoms with Crippen LogP contribution in [0.3, 0.4) is 0 Å². The van der Waals surface area contributed by atoms with Crippen molar-refractivity contribution in [2.75, 3.05) is 10.6 Å². The minimum atomic E-state index is -0.634. The molecule has 0 fully saturated rings. The van der Waals surface area contributed by atoms with E-state index in [1.165, 1.54) is 6.20 Å². The van der Waals surface area contributed by atoms with Crippen LogP contribution in [0.4, 0.5) is 11.5 Å². The van der Waals surface area contributed by atoms with E-state index in [1.807, 2.05) is 13.8 Å². The molecule has 80 valence electrons. The molecule has 1 aliphatic rings. The zero-order valence-electron chi connectivity index (χ0n) is 8.47. The third-order valence-electron chi connectivity index (χ3n) is 2.61. The fraction of sp³-hybridized carbons (Fsp3) is 0.444. The van der Waals surface area contributed by atoms with Crippen molar-refractivity contribution >= 4 is 29.0 Å². The Morgan fingerprint density at radius 3 is 3.00 bits per heavy atom. The summed E-state index contributed by atoms with van der Waals surface area (Å²) in [5, 5.41) is 5.97. The molecule has 1 atom stereocenters. The number of amides is 1. The molecule has 0 saturated heterocycles. The maximum atomic E-state index is 11.7. The number of aromatic nitrogens is 2. The van der Waals surface area contributed by atoms with E-state index in [1.54, 1.807) is 0 Å². The topological polar surface area (TPSA) is 66.9 Å². The average molecular weight is 227 g/mol. The highest BCUT2D eigenvalue weighted by molar-refractivity contribution is 6.28. The monoisotopic (exact) mass is 226 g/mol. The highest BCUT2D eigenvalue weighted by atomic mass is 35.5. The maximum Gasteiger partial charge on any atom is 0.249 e. The molecule has 0 radical (unpaired) electrons. The largest absolute Gasteiger partial charge is 0.354 e. The van der Waals surface area contributed by atoms with Crippen LogP contribution in [-0.4, -0.2) is 21.4 Å². The van der Waals surface area contributed by atoms with Crippen LogP contribution in [-0.2, 0) is 4.79 Å². The summed E-state index contributed by atoms with van der Waals surface area (Å²) >= 11 is 5.67. The Morgan fingerprint density at radius 2 is 2.33 bits per heavy atom. The van der Waals surface area contributed by atoms with Crippen LogP contribution >= 0.6 is 11.6 Å². The van der Waals surface area contributed by atoms with Gasteiger partial charge in [0.2, 0.25) is 11.2 Å². The second-order valence-electron chi connectivity index (χ2n) is 3.67. The lowest BCUT2D eigenvalue weighted by Gasteiger charge is -2.33. The molecular formula is C9H11ClN4O. The minimum absolute atomic E-state index is 0.0802. The van der Waals surface area contributed by atoms with E-state index < -0.39 is 5.54 Å². The van der Waals surface area contributed by atoms with Crippen LogP contribution < -0.4 is 10.6 Å². The fourth-order valence-electron chi connectivity index (χ4n) is 1.37. The maximum absolute atomic E-state index is 11.7. The minimum Gasteiger partial charge on any atom is -0.354 e. The van der Waals surface area contributed by atoms with E-state index in [2.05, 4.69) is 20.6 Å². The zero-order valence-corrected chi connectivity index (χ0v) is 9.22. The van der Waals surface area contributed by atoms with Gasteiger partial charge in [0.15, 0.2) is 5.82 Å². The number of carbonyl (C=O) groups is 1. The van der Waals surface area contributed by atoms with Gasteiger partial charge in [-0.3, -0.25) is 4.79 Å². The third kappa shape index (κ3) is 1.63. The zero-order chi connectivity index (χ0) is 11.1. The number of halogens is 1. The average Bonchev–Trinajstić information content (AvgIpc) is 2.20. The van der Waals surface area contributed by atoms with Crippen LogP contribution in [0.5, 0.6) is 0 Å². The Hall–Kier alpha value is -1.36. The molecule has 0 saturated carbocycles. The van der Waals surface area contributed by atoms with Crippen LogP contribution in [0.2, 0.25) is 5.28 Å². The summed E-state index contributed by atoms with van der Waals surface area (Å²) in [7, 11) is 0. The second-order valence-corrected chi connectivity index (χ2v) is 4.00. The number of nitrogens with zero attached hydrogens (tertiary/aromatic N) is 2. The summed E-state index contributed by atoms with van der Waals surface area (Å²) in [4.78, 5) is 19.6. The molecule has 1 aliphatic heterocycles. The number of nitrogens with one attached hydrogen (secondary N) is 2. The van der Waals surface area contributed by atoms with Gasteiger partial charge < -0.3 is 10.6 Å². The first-order valence-electron chi connectivity index (χ1n) is 4.67. The highest BCUT2D eigenvalue weighted by Crippen LogP contribution is 2.30.